The van der Waals surface area contributed by atoms with Gasteiger partial charge < -0.3 is 9.47 Å². The first-order chi connectivity index (χ1) is 17.5. The first-order valence-electron chi connectivity index (χ1n) is 11.7. The van der Waals surface area contributed by atoms with Crippen LogP contribution in [0.5, 0.6) is 0 Å². The average Bonchev–Trinajstić information content (AvgIpc) is 3.60. The van der Waals surface area contributed by atoms with Crippen LogP contribution in [0.2, 0.25) is 0 Å². The molecule has 1 aliphatic heterocycles. The van der Waals surface area contributed by atoms with Crippen molar-refractivity contribution in [3.05, 3.63) is 95.1 Å². The molecule has 0 amide bonds. The Kier molecular flexibility index (Phi) is 5.16. The molecule has 0 radical (unpaired) electrons. The van der Waals surface area contributed by atoms with Gasteiger partial charge in [-0.25, -0.2) is 9.78 Å². The Morgan fingerprint density at radius 1 is 1.08 bits per heavy atom. The third kappa shape index (κ3) is 3.65. The summed E-state index contributed by atoms with van der Waals surface area (Å²) < 4.78 is 7.35. The number of nitrogens with zero attached hydrogens (tertiary/aromatic N) is 8. The normalized spacial score (nSPS) is 12.1. The van der Waals surface area contributed by atoms with Gasteiger partial charge in [0, 0.05) is 43.8 Å². The van der Waals surface area contributed by atoms with Crippen molar-refractivity contribution >= 4 is 0 Å². The molecule has 0 bridgehead atoms. The molecule has 3 aromatic heterocycles. The number of fused-ring (bicyclic) bond motifs is 5. The molecule has 4 heterocycles. The first-order valence-corrected chi connectivity index (χ1v) is 11.7. The fourth-order valence-corrected chi connectivity index (χ4v) is 4.63. The summed E-state index contributed by atoms with van der Waals surface area (Å²) in [5.74, 6) is 0.853. The lowest BCUT2D eigenvalue weighted by Gasteiger charge is -2.11. The second-order valence-corrected chi connectivity index (χ2v) is 9.19. The zero-order valence-corrected chi connectivity index (χ0v) is 20.0. The maximum Gasteiger partial charge on any atom is 0.350 e. The van der Waals surface area contributed by atoms with Crippen LogP contribution in [0, 0.1) is 11.3 Å². The lowest BCUT2D eigenvalue weighted by Crippen LogP contribution is -2.28. The van der Waals surface area contributed by atoms with Gasteiger partial charge in [-0.05, 0) is 61.6 Å². The van der Waals surface area contributed by atoms with Crippen molar-refractivity contribution < 1.29 is 0 Å². The predicted octanol–water partition coefficient (Wildman–Crippen LogP) is 3.15. The molecule has 5 aromatic rings. The van der Waals surface area contributed by atoms with Crippen molar-refractivity contribution in [1.82, 2.24) is 33.4 Å². The molecule has 0 saturated carbocycles. The smallest absolute Gasteiger partial charge is 0.340 e. The van der Waals surface area contributed by atoms with E-state index < -0.39 is 0 Å². The molecule has 178 valence electrons. The Balaban J connectivity index is 1.41. The fraction of sp³-hybridized carbons (Fsp3) is 0.185. The maximum atomic E-state index is 13.0. The molecular weight excluding hydrogens is 452 g/mol. The van der Waals surface area contributed by atoms with Gasteiger partial charge in [-0.3, -0.25) is 9.13 Å². The molecule has 1 aliphatic rings. The predicted molar refractivity (Wildman–Crippen MR) is 136 cm³/mol. The molecule has 0 spiro atoms. The highest BCUT2D eigenvalue weighted by atomic mass is 16.2. The van der Waals surface area contributed by atoms with Crippen molar-refractivity contribution in [2.75, 3.05) is 20.6 Å². The molecule has 0 unspecified atom stereocenters. The number of hydrogen-bond acceptors (Lipinski definition) is 5. The van der Waals surface area contributed by atoms with E-state index >= 15 is 0 Å². The third-order valence-corrected chi connectivity index (χ3v) is 6.54. The fourth-order valence-electron chi connectivity index (χ4n) is 4.63. The highest BCUT2D eigenvalue weighted by Crippen LogP contribution is 2.34. The SMILES string of the molecule is CN(C)CCn1cnn(-c2ccc3c(c2)Cn2cc(-c4ccc(C#N)cc4)cc2-c2nccn2-3)c1=O. The first kappa shape index (κ1) is 21.8. The van der Waals surface area contributed by atoms with Crippen LogP contribution >= 0.6 is 0 Å². The van der Waals surface area contributed by atoms with E-state index in [1.165, 1.54) is 4.68 Å². The maximum absolute atomic E-state index is 13.0. The van der Waals surface area contributed by atoms with Gasteiger partial charge in [0.15, 0.2) is 5.82 Å². The highest BCUT2D eigenvalue weighted by Gasteiger charge is 2.22. The van der Waals surface area contributed by atoms with Crippen molar-refractivity contribution in [3.8, 4) is 40.1 Å². The van der Waals surface area contributed by atoms with Gasteiger partial charge in [0.2, 0.25) is 0 Å². The Morgan fingerprint density at radius 3 is 2.69 bits per heavy atom. The van der Waals surface area contributed by atoms with E-state index in [0.29, 0.717) is 18.7 Å². The number of nitriles is 1. The minimum absolute atomic E-state index is 0.154. The lowest BCUT2D eigenvalue weighted by molar-refractivity contribution is 0.380. The van der Waals surface area contributed by atoms with E-state index in [0.717, 1.165) is 46.1 Å². The summed E-state index contributed by atoms with van der Waals surface area (Å²) in [6.07, 6.45) is 7.47. The van der Waals surface area contributed by atoms with Crippen molar-refractivity contribution in [3.63, 3.8) is 0 Å². The molecule has 9 nitrogen and oxygen atoms in total. The van der Waals surface area contributed by atoms with E-state index in [1.807, 2.05) is 67.7 Å². The van der Waals surface area contributed by atoms with Gasteiger partial charge >= 0.3 is 5.69 Å². The summed E-state index contributed by atoms with van der Waals surface area (Å²) in [5, 5.41) is 13.5. The van der Waals surface area contributed by atoms with E-state index in [9.17, 15) is 4.79 Å². The molecule has 0 fully saturated rings. The Hall–Kier alpha value is -4.68. The van der Waals surface area contributed by atoms with Gasteiger partial charge in [-0.1, -0.05) is 12.1 Å². The average molecular weight is 477 g/mol. The quantitative estimate of drug-likeness (QED) is 0.381. The summed E-state index contributed by atoms with van der Waals surface area (Å²) in [4.78, 5) is 19.7. The van der Waals surface area contributed by atoms with Crippen LogP contribution < -0.4 is 5.69 Å². The molecule has 0 saturated heterocycles. The molecule has 0 aliphatic carbocycles. The minimum atomic E-state index is -0.154. The van der Waals surface area contributed by atoms with Crippen LogP contribution in [0.4, 0.5) is 0 Å². The number of hydrogen-bond donors (Lipinski definition) is 0. The number of likely N-dealkylation sites (N-methyl/N-ethyl adjacent to an activating group) is 1. The van der Waals surface area contributed by atoms with Gasteiger partial charge in [0.25, 0.3) is 0 Å². The molecule has 6 rings (SSSR count). The number of imidazole rings is 1. The summed E-state index contributed by atoms with van der Waals surface area (Å²) in [6.45, 7) is 1.96. The molecule has 36 heavy (non-hydrogen) atoms. The van der Waals surface area contributed by atoms with Crippen LogP contribution in [0.15, 0.2) is 78.2 Å². The number of aromatic nitrogens is 6. The molecule has 9 heteroatoms. The zero-order chi connectivity index (χ0) is 24.8. The summed E-state index contributed by atoms with van der Waals surface area (Å²) in [7, 11) is 3.96. The Labute approximate surface area is 207 Å². The molecule has 2 aromatic carbocycles. The summed E-state index contributed by atoms with van der Waals surface area (Å²) >= 11 is 0. The van der Waals surface area contributed by atoms with Gasteiger partial charge in [0.1, 0.15) is 6.33 Å². The summed E-state index contributed by atoms with van der Waals surface area (Å²) in [6, 6.07) is 17.9. The van der Waals surface area contributed by atoms with E-state index in [1.54, 1.807) is 17.1 Å². The Bertz CT molecular complexity index is 1670. The Morgan fingerprint density at radius 2 is 1.92 bits per heavy atom. The van der Waals surface area contributed by atoms with Crippen LogP contribution in [0.25, 0.3) is 34.0 Å². The van der Waals surface area contributed by atoms with Crippen molar-refractivity contribution in [1.29, 1.82) is 5.26 Å². The van der Waals surface area contributed by atoms with E-state index in [2.05, 4.69) is 37.5 Å². The highest BCUT2D eigenvalue weighted by molar-refractivity contribution is 5.72. The largest absolute Gasteiger partial charge is 0.350 e. The van der Waals surface area contributed by atoms with Gasteiger partial charge in [0.05, 0.1) is 28.7 Å². The van der Waals surface area contributed by atoms with Crippen LogP contribution in [0.3, 0.4) is 0 Å². The second-order valence-electron chi connectivity index (χ2n) is 9.19. The second kappa shape index (κ2) is 8.52. The van der Waals surface area contributed by atoms with E-state index in [-0.39, 0.29) is 5.69 Å². The number of benzene rings is 2. The van der Waals surface area contributed by atoms with Crippen molar-refractivity contribution in [2.45, 2.75) is 13.1 Å². The van der Waals surface area contributed by atoms with Crippen LogP contribution in [-0.4, -0.2) is 54.0 Å². The van der Waals surface area contributed by atoms with Crippen LogP contribution in [-0.2, 0) is 13.1 Å². The molecule has 0 atom stereocenters. The monoisotopic (exact) mass is 476 g/mol. The molecular formula is C27H24N8O. The number of rotatable bonds is 5. The topological polar surface area (TPSA) is 89.6 Å². The van der Waals surface area contributed by atoms with Gasteiger partial charge in [-0.2, -0.15) is 15.0 Å². The third-order valence-electron chi connectivity index (χ3n) is 6.54. The zero-order valence-electron chi connectivity index (χ0n) is 20.0. The standard InChI is InChI=1S/C27H24N8O/c1-31(2)11-12-32-18-30-35(27(32)36)23-7-8-24-22(13-23)17-33-16-21(20-5-3-19(15-28)4-6-20)14-25(33)26-29-9-10-34(24)26/h3-10,13-14,16,18H,11-12,17H2,1-2H3. The molecule has 0 N–H and O–H groups in total. The lowest BCUT2D eigenvalue weighted by atomic mass is 10.1. The van der Waals surface area contributed by atoms with Gasteiger partial charge in [-0.15, -0.1) is 0 Å². The summed E-state index contributed by atoms with van der Waals surface area (Å²) in [5.41, 5.74) is 6.39. The van der Waals surface area contributed by atoms with Crippen LogP contribution in [0.1, 0.15) is 11.1 Å². The minimum Gasteiger partial charge on any atom is -0.340 e. The van der Waals surface area contributed by atoms with Crippen molar-refractivity contribution in [2.24, 2.45) is 0 Å². The van der Waals surface area contributed by atoms with E-state index in [4.69, 9.17) is 5.26 Å².